The molecule has 2 aromatic carbocycles. The first kappa shape index (κ1) is 23.8. The topological polar surface area (TPSA) is 101 Å². The number of aliphatic hydroxyl groups excluding tert-OH is 2. The molecule has 0 aliphatic carbocycles. The third-order valence-corrected chi connectivity index (χ3v) is 4.24. The SMILES string of the molecule is COc1ccc(OCC(O)CNCCNCC(O)COc2ccc(OC)cc2)cc1. The molecule has 2 rings (SSSR count). The second kappa shape index (κ2) is 13.7. The van der Waals surface area contributed by atoms with Gasteiger partial charge in [-0.15, -0.1) is 0 Å². The summed E-state index contributed by atoms with van der Waals surface area (Å²) >= 11 is 0. The predicted octanol–water partition coefficient (Wildman–Crippen LogP) is 1.06. The lowest BCUT2D eigenvalue weighted by Gasteiger charge is -2.15. The van der Waals surface area contributed by atoms with Crippen LogP contribution in [0.25, 0.3) is 0 Å². The van der Waals surface area contributed by atoms with E-state index in [4.69, 9.17) is 18.9 Å². The van der Waals surface area contributed by atoms with Crippen LogP contribution in [0.3, 0.4) is 0 Å². The first-order chi connectivity index (χ1) is 14.6. The van der Waals surface area contributed by atoms with Crippen LogP contribution in [0.15, 0.2) is 48.5 Å². The van der Waals surface area contributed by atoms with Crippen LogP contribution in [-0.4, -0.2) is 76.0 Å². The number of nitrogens with one attached hydrogen (secondary N) is 2. The van der Waals surface area contributed by atoms with Crippen LogP contribution in [0.1, 0.15) is 0 Å². The molecule has 0 spiro atoms. The molecule has 166 valence electrons. The van der Waals surface area contributed by atoms with Crippen molar-refractivity contribution in [3.05, 3.63) is 48.5 Å². The molecule has 2 aromatic rings. The van der Waals surface area contributed by atoms with Crippen molar-refractivity contribution in [2.45, 2.75) is 12.2 Å². The molecule has 8 heteroatoms. The zero-order valence-corrected chi connectivity index (χ0v) is 17.5. The summed E-state index contributed by atoms with van der Waals surface area (Å²) in [5.74, 6) is 2.88. The molecule has 0 radical (unpaired) electrons. The molecule has 2 unspecified atom stereocenters. The maximum Gasteiger partial charge on any atom is 0.119 e. The first-order valence-electron chi connectivity index (χ1n) is 9.92. The first-order valence-corrected chi connectivity index (χ1v) is 9.92. The maximum atomic E-state index is 9.97. The van der Waals surface area contributed by atoms with Crippen molar-refractivity contribution in [1.82, 2.24) is 10.6 Å². The summed E-state index contributed by atoms with van der Waals surface area (Å²) in [6.45, 7) is 2.56. The van der Waals surface area contributed by atoms with Crippen LogP contribution in [0, 0.1) is 0 Å². The molecule has 4 N–H and O–H groups in total. The van der Waals surface area contributed by atoms with Crippen molar-refractivity contribution in [3.8, 4) is 23.0 Å². The molecular weight excluding hydrogens is 388 g/mol. The molecule has 0 saturated heterocycles. The van der Waals surface area contributed by atoms with Gasteiger partial charge in [0.1, 0.15) is 48.4 Å². The summed E-state index contributed by atoms with van der Waals surface area (Å²) in [4.78, 5) is 0. The van der Waals surface area contributed by atoms with E-state index in [1.54, 1.807) is 38.5 Å². The minimum Gasteiger partial charge on any atom is -0.497 e. The highest BCUT2D eigenvalue weighted by molar-refractivity contribution is 5.31. The van der Waals surface area contributed by atoms with Gasteiger partial charge in [-0.3, -0.25) is 0 Å². The van der Waals surface area contributed by atoms with E-state index in [9.17, 15) is 10.2 Å². The van der Waals surface area contributed by atoms with E-state index < -0.39 is 12.2 Å². The summed E-state index contributed by atoms with van der Waals surface area (Å²) in [5, 5.41) is 26.2. The summed E-state index contributed by atoms with van der Waals surface area (Å²) in [6, 6.07) is 14.4. The Labute approximate surface area is 177 Å². The molecule has 30 heavy (non-hydrogen) atoms. The minimum atomic E-state index is -0.615. The van der Waals surface area contributed by atoms with Crippen LogP contribution in [-0.2, 0) is 0 Å². The highest BCUT2D eigenvalue weighted by Crippen LogP contribution is 2.17. The van der Waals surface area contributed by atoms with Crippen molar-refractivity contribution >= 4 is 0 Å². The van der Waals surface area contributed by atoms with Gasteiger partial charge in [0, 0.05) is 26.2 Å². The molecular formula is C22H32N2O6. The Balaban J connectivity index is 1.47. The molecule has 8 nitrogen and oxygen atoms in total. The summed E-state index contributed by atoms with van der Waals surface area (Å²) < 4.78 is 21.3. The van der Waals surface area contributed by atoms with Gasteiger partial charge in [0.15, 0.2) is 0 Å². The van der Waals surface area contributed by atoms with Crippen LogP contribution in [0.4, 0.5) is 0 Å². The van der Waals surface area contributed by atoms with E-state index in [0.717, 1.165) is 11.5 Å². The van der Waals surface area contributed by atoms with Crippen LogP contribution in [0.5, 0.6) is 23.0 Å². The Hall–Kier alpha value is -2.52. The molecule has 0 aliphatic heterocycles. The second-order valence-corrected chi connectivity index (χ2v) is 6.69. The lowest BCUT2D eigenvalue weighted by Crippen LogP contribution is -2.38. The average molecular weight is 421 g/mol. The summed E-state index contributed by atoms with van der Waals surface area (Å²) in [5.41, 5.74) is 0. The normalized spacial score (nSPS) is 12.8. The molecule has 0 fully saturated rings. The quantitative estimate of drug-likeness (QED) is 0.318. The molecule has 0 heterocycles. The smallest absolute Gasteiger partial charge is 0.119 e. The Kier molecular flexibility index (Phi) is 10.8. The van der Waals surface area contributed by atoms with Gasteiger partial charge in [0.05, 0.1) is 14.2 Å². The molecule has 0 saturated carbocycles. The number of hydrogen-bond donors (Lipinski definition) is 4. The third kappa shape index (κ3) is 9.32. The number of hydrogen-bond acceptors (Lipinski definition) is 8. The molecule has 0 aromatic heterocycles. The second-order valence-electron chi connectivity index (χ2n) is 6.69. The Morgan fingerprint density at radius 2 is 0.967 bits per heavy atom. The maximum absolute atomic E-state index is 9.97. The van der Waals surface area contributed by atoms with Crippen molar-refractivity contribution in [1.29, 1.82) is 0 Å². The van der Waals surface area contributed by atoms with Gasteiger partial charge in [-0.2, -0.15) is 0 Å². The van der Waals surface area contributed by atoms with Gasteiger partial charge < -0.3 is 39.8 Å². The lowest BCUT2D eigenvalue weighted by molar-refractivity contribution is 0.103. The largest absolute Gasteiger partial charge is 0.497 e. The average Bonchev–Trinajstić information content (AvgIpc) is 2.79. The van der Waals surface area contributed by atoms with Gasteiger partial charge in [0.2, 0.25) is 0 Å². The highest BCUT2D eigenvalue weighted by atomic mass is 16.5. The van der Waals surface area contributed by atoms with E-state index in [1.807, 2.05) is 24.3 Å². The van der Waals surface area contributed by atoms with Gasteiger partial charge in [0.25, 0.3) is 0 Å². The van der Waals surface area contributed by atoms with E-state index in [1.165, 1.54) is 0 Å². The number of rotatable bonds is 15. The van der Waals surface area contributed by atoms with Crippen molar-refractivity contribution in [3.63, 3.8) is 0 Å². The monoisotopic (exact) mass is 420 g/mol. The van der Waals surface area contributed by atoms with Crippen LogP contribution >= 0.6 is 0 Å². The van der Waals surface area contributed by atoms with Crippen LogP contribution in [0.2, 0.25) is 0 Å². The molecule has 0 amide bonds. The summed E-state index contributed by atoms with van der Waals surface area (Å²) in [7, 11) is 3.22. The standard InChI is InChI=1S/C22H32N2O6/c1-27-19-3-7-21(8-4-19)29-15-17(25)13-23-11-12-24-14-18(26)16-30-22-9-5-20(28-2)6-10-22/h3-10,17-18,23-26H,11-16H2,1-2H3. The van der Waals surface area contributed by atoms with Gasteiger partial charge in [-0.1, -0.05) is 0 Å². The number of benzene rings is 2. The number of aliphatic hydroxyl groups is 2. The minimum absolute atomic E-state index is 0.203. The van der Waals surface area contributed by atoms with Crippen molar-refractivity contribution in [2.75, 3.05) is 53.6 Å². The predicted molar refractivity (Wildman–Crippen MR) is 115 cm³/mol. The third-order valence-electron chi connectivity index (χ3n) is 4.24. The number of ether oxygens (including phenoxy) is 4. The Morgan fingerprint density at radius 1 is 0.633 bits per heavy atom. The molecule has 0 bridgehead atoms. The fraction of sp³-hybridized carbons (Fsp3) is 0.455. The van der Waals surface area contributed by atoms with E-state index in [0.29, 0.717) is 37.7 Å². The molecule has 2 atom stereocenters. The van der Waals surface area contributed by atoms with E-state index in [-0.39, 0.29) is 13.2 Å². The number of methoxy groups -OCH3 is 2. The molecule has 0 aliphatic rings. The van der Waals surface area contributed by atoms with Crippen molar-refractivity contribution in [2.24, 2.45) is 0 Å². The van der Waals surface area contributed by atoms with Crippen molar-refractivity contribution < 1.29 is 29.2 Å². The van der Waals surface area contributed by atoms with Gasteiger partial charge in [-0.05, 0) is 48.5 Å². The Morgan fingerprint density at radius 3 is 1.30 bits per heavy atom. The van der Waals surface area contributed by atoms with Gasteiger partial charge in [-0.25, -0.2) is 0 Å². The Bertz CT molecular complexity index is 634. The van der Waals surface area contributed by atoms with Crippen LogP contribution < -0.4 is 29.6 Å². The van der Waals surface area contributed by atoms with E-state index in [2.05, 4.69) is 10.6 Å². The fourth-order valence-electron chi connectivity index (χ4n) is 2.56. The zero-order chi connectivity index (χ0) is 21.6. The lowest BCUT2D eigenvalue weighted by atomic mass is 10.3. The zero-order valence-electron chi connectivity index (χ0n) is 17.5. The van der Waals surface area contributed by atoms with E-state index >= 15 is 0 Å². The summed E-state index contributed by atoms with van der Waals surface area (Å²) in [6.07, 6.45) is -1.23. The van der Waals surface area contributed by atoms with Gasteiger partial charge >= 0.3 is 0 Å². The fourth-order valence-corrected chi connectivity index (χ4v) is 2.56. The highest BCUT2D eigenvalue weighted by Gasteiger charge is 2.07.